The summed E-state index contributed by atoms with van der Waals surface area (Å²) in [6, 6.07) is 35.1. The summed E-state index contributed by atoms with van der Waals surface area (Å²) in [6.45, 7) is 0. The summed E-state index contributed by atoms with van der Waals surface area (Å²) in [7, 11) is -0.446. The number of rotatable bonds is 5. The van der Waals surface area contributed by atoms with Crippen molar-refractivity contribution in [2.75, 3.05) is 5.32 Å². The number of hydrogen-bond donors (Lipinski definition) is 1. The van der Waals surface area contributed by atoms with Crippen molar-refractivity contribution < 1.29 is 18.0 Å². The largest absolute Gasteiger partial charge is 0.471 e. The van der Waals surface area contributed by atoms with Gasteiger partial charge in [-0.3, -0.25) is 4.79 Å². The number of anilines is 1. The van der Waals surface area contributed by atoms with Crippen LogP contribution >= 0.6 is 51.4 Å². The predicted octanol–water partition coefficient (Wildman–Crippen LogP) is 7.94. The van der Waals surface area contributed by atoms with Gasteiger partial charge in [0.05, 0.1) is 5.02 Å². The molecule has 4 aromatic rings. The quantitative estimate of drug-likeness (QED) is 0.171. The molecule has 1 amide bonds. The fourth-order valence-electron chi connectivity index (χ4n) is 3.19. The molecule has 4 rings (SSSR count). The highest BCUT2D eigenvalue weighted by Gasteiger charge is 2.39. The highest BCUT2D eigenvalue weighted by atomic mass is 79.9. The second-order valence-electron chi connectivity index (χ2n) is 7.35. The van der Waals surface area contributed by atoms with Crippen molar-refractivity contribution in [3.63, 3.8) is 0 Å². The van der Waals surface area contributed by atoms with Crippen LogP contribution in [-0.4, -0.2) is 12.1 Å². The second-order valence-corrected chi connectivity index (χ2v) is 11.4. The summed E-state index contributed by atoms with van der Waals surface area (Å²) in [5.41, 5.74) is 0.510. The Morgan fingerprint density at radius 3 is 1.58 bits per heavy atom. The lowest BCUT2D eigenvalue weighted by molar-refractivity contribution is -0.167. The maximum absolute atomic E-state index is 12.1. The number of halogens is 6. The van der Waals surface area contributed by atoms with E-state index in [4.69, 9.17) is 11.6 Å². The minimum atomic E-state index is -4.93. The zero-order chi connectivity index (χ0) is 26.1. The molecule has 0 aliphatic carbocycles. The average Bonchev–Trinajstić information content (AvgIpc) is 2.88. The van der Waals surface area contributed by atoms with E-state index in [1.165, 1.54) is 28.0 Å². The molecule has 0 aliphatic heterocycles. The van der Waals surface area contributed by atoms with Gasteiger partial charge in [-0.1, -0.05) is 119 Å². The topological polar surface area (TPSA) is 29.1 Å². The molecular formula is C27H20Br2ClF3NOP. The molecule has 0 spiro atoms. The number of benzene rings is 4. The molecule has 0 aliphatic rings. The van der Waals surface area contributed by atoms with Gasteiger partial charge in [0.15, 0.2) is 0 Å². The first-order chi connectivity index (χ1) is 17.2. The van der Waals surface area contributed by atoms with Gasteiger partial charge in [0.25, 0.3) is 0 Å². The lowest BCUT2D eigenvalue weighted by atomic mass is 10.2. The van der Waals surface area contributed by atoms with Crippen LogP contribution in [0.5, 0.6) is 0 Å². The number of hydrogen-bond acceptors (Lipinski definition) is 1. The Bertz CT molecular complexity index is 1180. The number of carbonyl (C=O) groups excluding carboxylic acids is 1. The van der Waals surface area contributed by atoms with Crippen molar-refractivity contribution in [1.82, 2.24) is 0 Å². The molecule has 186 valence electrons. The fraction of sp³-hybridized carbons (Fsp3) is 0.0741. The van der Waals surface area contributed by atoms with Crippen molar-refractivity contribution >= 4 is 78.9 Å². The summed E-state index contributed by atoms with van der Waals surface area (Å²) < 4.78 is 36.8. The molecule has 36 heavy (non-hydrogen) atoms. The second kappa shape index (κ2) is 13.4. The maximum atomic E-state index is 12.1. The van der Waals surface area contributed by atoms with Gasteiger partial charge in [0, 0.05) is 15.5 Å². The first-order valence-corrected chi connectivity index (χ1v) is 14.2. The smallest absolute Gasteiger partial charge is 0.318 e. The van der Waals surface area contributed by atoms with Gasteiger partial charge in [0.2, 0.25) is 0 Å². The van der Waals surface area contributed by atoms with Crippen molar-refractivity contribution in [3.8, 4) is 0 Å². The summed E-state index contributed by atoms with van der Waals surface area (Å²) in [5, 5.41) is 6.47. The number of alkyl halides is 4. The molecule has 4 aromatic carbocycles. The monoisotopic (exact) mass is 655 g/mol. The number of carbonyl (C=O) groups is 1. The number of nitrogens with one attached hydrogen (secondary N) is 1. The highest BCUT2D eigenvalue weighted by molar-refractivity contribution is 9.10. The molecule has 9 heteroatoms. The van der Waals surface area contributed by atoms with E-state index in [9.17, 15) is 18.0 Å². The summed E-state index contributed by atoms with van der Waals surface area (Å²) >= 11 is 12.0. The van der Waals surface area contributed by atoms with E-state index < -0.39 is 20.0 Å². The Morgan fingerprint density at radius 1 is 0.806 bits per heavy atom. The third-order valence-electron chi connectivity index (χ3n) is 4.84. The van der Waals surface area contributed by atoms with Crippen LogP contribution in [0.15, 0.2) is 108 Å². The van der Waals surface area contributed by atoms with Crippen LogP contribution in [0, 0.1) is 0 Å². The third-order valence-corrected chi connectivity index (χ3v) is 9.08. The Morgan fingerprint density at radius 2 is 1.22 bits per heavy atom. The van der Waals surface area contributed by atoms with Crippen LogP contribution in [0.3, 0.4) is 0 Å². The van der Waals surface area contributed by atoms with E-state index in [0.29, 0.717) is 10.0 Å². The Balaban J connectivity index is 0.000000202. The van der Waals surface area contributed by atoms with Gasteiger partial charge < -0.3 is 5.32 Å². The standard InChI is InChI=1S/C18H15P.C9H5Br2ClF3NO/c1-4-10-16(11-5-1)19(17-12-6-2-7-13-17)18-14-8-3-9-15-18;10-3-4-1-5(11)6(12)2-7(4)16-8(17)9(13,14)15/h1-15H;1-2H,3H2,(H,16,17). The summed E-state index contributed by atoms with van der Waals surface area (Å²) in [6.07, 6.45) is -4.93. The van der Waals surface area contributed by atoms with Gasteiger partial charge >= 0.3 is 12.1 Å². The Hall–Kier alpha value is -2.18. The van der Waals surface area contributed by atoms with Crippen LogP contribution < -0.4 is 21.2 Å². The molecule has 2 nitrogen and oxygen atoms in total. The zero-order valence-electron chi connectivity index (χ0n) is 18.6. The molecule has 1 N–H and O–H groups in total. The highest BCUT2D eigenvalue weighted by Crippen LogP contribution is 2.33. The Kier molecular flexibility index (Phi) is 10.6. The molecule has 0 atom stereocenters. The average molecular weight is 658 g/mol. The lowest BCUT2D eigenvalue weighted by Crippen LogP contribution is -2.30. The van der Waals surface area contributed by atoms with Gasteiger partial charge in [-0.15, -0.1) is 0 Å². The summed E-state index contributed by atoms with van der Waals surface area (Å²) in [5.74, 6) is -2.03. The van der Waals surface area contributed by atoms with E-state index in [2.05, 4.69) is 123 Å². The van der Waals surface area contributed by atoms with Crippen LogP contribution in [0.4, 0.5) is 18.9 Å². The van der Waals surface area contributed by atoms with Crippen LogP contribution in [-0.2, 0) is 10.1 Å². The van der Waals surface area contributed by atoms with Gasteiger partial charge in [-0.05, 0) is 57.5 Å². The van der Waals surface area contributed by atoms with Crippen molar-refractivity contribution in [1.29, 1.82) is 0 Å². The molecule has 0 saturated carbocycles. The predicted molar refractivity (Wildman–Crippen MR) is 152 cm³/mol. The normalized spacial score (nSPS) is 11.0. The van der Waals surface area contributed by atoms with E-state index in [1.54, 1.807) is 5.32 Å². The van der Waals surface area contributed by atoms with Gasteiger partial charge in [0.1, 0.15) is 0 Å². The van der Waals surface area contributed by atoms with E-state index in [0.717, 1.165) is 0 Å². The van der Waals surface area contributed by atoms with Crippen molar-refractivity contribution in [3.05, 3.63) is 118 Å². The van der Waals surface area contributed by atoms with Gasteiger partial charge in [-0.25, -0.2) is 0 Å². The number of amides is 1. The summed E-state index contributed by atoms with van der Waals surface area (Å²) in [4.78, 5) is 10.8. The third kappa shape index (κ3) is 7.91. The molecule has 0 aromatic heterocycles. The molecule has 0 saturated heterocycles. The van der Waals surface area contributed by atoms with E-state index in [1.807, 2.05) is 0 Å². The van der Waals surface area contributed by atoms with E-state index in [-0.39, 0.29) is 16.0 Å². The van der Waals surface area contributed by atoms with Crippen LogP contribution in [0.1, 0.15) is 5.56 Å². The first-order valence-electron chi connectivity index (χ1n) is 10.6. The van der Waals surface area contributed by atoms with Crippen molar-refractivity contribution in [2.24, 2.45) is 0 Å². The maximum Gasteiger partial charge on any atom is 0.471 e. The van der Waals surface area contributed by atoms with Gasteiger partial charge in [-0.2, -0.15) is 13.2 Å². The molecule has 0 unspecified atom stereocenters. The molecular weight excluding hydrogens is 638 g/mol. The molecule has 0 radical (unpaired) electrons. The zero-order valence-corrected chi connectivity index (χ0v) is 23.5. The Labute approximate surface area is 230 Å². The molecule has 0 fully saturated rings. The van der Waals surface area contributed by atoms with Crippen molar-refractivity contribution in [2.45, 2.75) is 11.5 Å². The van der Waals surface area contributed by atoms with E-state index >= 15 is 0 Å². The van der Waals surface area contributed by atoms with Crippen LogP contribution in [0.2, 0.25) is 5.02 Å². The lowest BCUT2D eigenvalue weighted by Gasteiger charge is -2.18. The minimum absolute atomic E-state index is 0.0254. The minimum Gasteiger partial charge on any atom is -0.318 e. The SMILES string of the molecule is O=C(Nc1cc(Cl)c(Br)cc1CBr)C(F)(F)F.c1ccc(P(c2ccccc2)c2ccccc2)cc1. The van der Waals surface area contributed by atoms with Crippen LogP contribution in [0.25, 0.3) is 0 Å². The first kappa shape index (κ1) is 28.4. The molecule has 0 bridgehead atoms. The molecule has 0 heterocycles. The fourth-order valence-corrected chi connectivity index (χ4v) is 6.51.